The molecule has 4 rings (SSSR count). The molecule has 0 amide bonds. The largest absolute Gasteiger partial charge is 0.393 e. The number of ketones is 1. The SMILES string of the molecule is C[C@H]1C[C@@H]2[C@H]([C@@H](O)C[C@@]3(C)[C@H]2CC[C@]3(O)C#N)[C@@]2(C)C=CC(=O)C=C12. The lowest BCUT2D eigenvalue weighted by Crippen LogP contribution is -2.60. The lowest BCUT2D eigenvalue weighted by Gasteiger charge is -2.60. The third kappa shape index (κ3) is 1.97. The molecule has 25 heavy (non-hydrogen) atoms. The molecule has 0 aromatic heterocycles. The number of carbonyl (C=O) groups is 1. The molecule has 134 valence electrons. The van der Waals surface area contributed by atoms with E-state index in [1.807, 2.05) is 13.0 Å². The second kappa shape index (κ2) is 5.05. The average Bonchev–Trinajstić information content (AvgIpc) is 2.81. The molecule has 0 saturated heterocycles. The first-order valence-corrected chi connectivity index (χ1v) is 9.43. The van der Waals surface area contributed by atoms with Gasteiger partial charge in [-0.2, -0.15) is 5.26 Å². The van der Waals surface area contributed by atoms with Gasteiger partial charge in [-0.15, -0.1) is 0 Å². The summed E-state index contributed by atoms with van der Waals surface area (Å²) in [6.07, 6.45) is 7.49. The Labute approximate surface area is 149 Å². The van der Waals surface area contributed by atoms with Crippen LogP contribution in [0.5, 0.6) is 0 Å². The summed E-state index contributed by atoms with van der Waals surface area (Å²) in [5, 5.41) is 31.6. The van der Waals surface area contributed by atoms with Gasteiger partial charge >= 0.3 is 0 Å². The number of rotatable bonds is 0. The van der Waals surface area contributed by atoms with Crippen molar-refractivity contribution in [3.8, 4) is 6.07 Å². The maximum Gasteiger partial charge on any atom is 0.178 e. The normalized spacial score (nSPS) is 54.2. The van der Waals surface area contributed by atoms with Gasteiger partial charge in [0, 0.05) is 16.7 Å². The Kier molecular flexibility index (Phi) is 3.43. The first kappa shape index (κ1) is 17.0. The second-order valence-electron chi connectivity index (χ2n) is 9.25. The summed E-state index contributed by atoms with van der Waals surface area (Å²) in [7, 11) is 0. The van der Waals surface area contributed by atoms with Crippen molar-refractivity contribution in [3.63, 3.8) is 0 Å². The molecule has 3 fully saturated rings. The third-order valence-electron chi connectivity index (χ3n) is 8.15. The van der Waals surface area contributed by atoms with Crippen LogP contribution in [0.4, 0.5) is 0 Å². The zero-order valence-electron chi connectivity index (χ0n) is 15.2. The van der Waals surface area contributed by atoms with Gasteiger partial charge in [0.2, 0.25) is 0 Å². The van der Waals surface area contributed by atoms with Crippen LogP contribution in [0.2, 0.25) is 0 Å². The van der Waals surface area contributed by atoms with E-state index in [2.05, 4.69) is 19.9 Å². The minimum absolute atomic E-state index is 0.0348. The van der Waals surface area contributed by atoms with Crippen LogP contribution in [0.3, 0.4) is 0 Å². The maximum atomic E-state index is 11.9. The molecule has 4 aliphatic carbocycles. The van der Waals surface area contributed by atoms with Crippen molar-refractivity contribution in [2.24, 2.45) is 34.5 Å². The van der Waals surface area contributed by atoms with Crippen LogP contribution in [-0.4, -0.2) is 27.7 Å². The smallest absolute Gasteiger partial charge is 0.178 e. The molecule has 0 aliphatic heterocycles. The monoisotopic (exact) mass is 341 g/mol. The van der Waals surface area contributed by atoms with Gasteiger partial charge in [-0.05, 0) is 55.6 Å². The van der Waals surface area contributed by atoms with Crippen LogP contribution < -0.4 is 0 Å². The number of nitriles is 1. The van der Waals surface area contributed by atoms with E-state index in [1.54, 1.807) is 12.2 Å². The van der Waals surface area contributed by atoms with E-state index in [-0.39, 0.29) is 34.9 Å². The second-order valence-corrected chi connectivity index (χ2v) is 9.25. The van der Waals surface area contributed by atoms with Crippen molar-refractivity contribution < 1.29 is 15.0 Å². The maximum absolute atomic E-state index is 11.9. The molecular formula is C21H27NO3. The molecule has 2 N–H and O–H groups in total. The fraction of sp³-hybridized carbons (Fsp3) is 0.714. The Bertz CT molecular complexity index is 734. The number of fused-ring (bicyclic) bond motifs is 5. The lowest BCUT2D eigenvalue weighted by molar-refractivity contribution is -0.150. The molecule has 0 aromatic carbocycles. The minimum atomic E-state index is -1.34. The van der Waals surface area contributed by atoms with Crippen molar-refractivity contribution in [2.45, 2.75) is 58.2 Å². The van der Waals surface area contributed by atoms with Crippen LogP contribution in [0.25, 0.3) is 0 Å². The van der Waals surface area contributed by atoms with Gasteiger partial charge in [-0.1, -0.05) is 32.4 Å². The van der Waals surface area contributed by atoms with Crippen molar-refractivity contribution in [2.75, 3.05) is 0 Å². The average molecular weight is 341 g/mol. The summed E-state index contributed by atoms with van der Waals surface area (Å²) in [6, 6.07) is 2.15. The fourth-order valence-corrected chi connectivity index (χ4v) is 6.94. The molecule has 0 radical (unpaired) electrons. The molecule has 4 nitrogen and oxygen atoms in total. The van der Waals surface area contributed by atoms with E-state index < -0.39 is 17.1 Å². The van der Waals surface area contributed by atoms with Crippen molar-refractivity contribution in [1.29, 1.82) is 5.26 Å². The van der Waals surface area contributed by atoms with E-state index in [4.69, 9.17) is 0 Å². The molecule has 3 saturated carbocycles. The van der Waals surface area contributed by atoms with E-state index in [0.717, 1.165) is 18.4 Å². The predicted octanol–water partition coefficient (Wildman–Crippen LogP) is 2.77. The zero-order valence-corrected chi connectivity index (χ0v) is 15.2. The fourth-order valence-electron chi connectivity index (χ4n) is 6.94. The molecule has 8 atom stereocenters. The predicted molar refractivity (Wildman–Crippen MR) is 93.1 cm³/mol. The Balaban J connectivity index is 1.80. The van der Waals surface area contributed by atoms with Crippen molar-refractivity contribution in [1.82, 2.24) is 0 Å². The molecule has 4 aliphatic rings. The minimum Gasteiger partial charge on any atom is -0.393 e. The lowest BCUT2D eigenvalue weighted by atomic mass is 9.45. The number of aliphatic hydroxyl groups excluding tert-OH is 1. The summed E-state index contributed by atoms with van der Waals surface area (Å²) in [4.78, 5) is 11.9. The molecule has 0 aromatic rings. The topological polar surface area (TPSA) is 81.3 Å². The number of allylic oxidation sites excluding steroid dienone is 4. The summed E-state index contributed by atoms with van der Waals surface area (Å²) < 4.78 is 0. The van der Waals surface area contributed by atoms with Crippen molar-refractivity contribution >= 4 is 5.78 Å². The van der Waals surface area contributed by atoms with Gasteiger partial charge < -0.3 is 10.2 Å². The van der Waals surface area contributed by atoms with Crippen LogP contribution in [-0.2, 0) is 4.79 Å². The van der Waals surface area contributed by atoms with Gasteiger partial charge in [0.1, 0.15) is 0 Å². The highest BCUT2D eigenvalue weighted by molar-refractivity contribution is 6.01. The van der Waals surface area contributed by atoms with Gasteiger partial charge in [0.25, 0.3) is 0 Å². The molecule has 0 bridgehead atoms. The molecule has 0 unspecified atom stereocenters. The van der Waals surface area contributed by atoms with Crippen molar-refractivity contribution in [3.05, 3.63) is 23.8 Å². The van der Waals surface area contributed by atoms with Crippen LogP contribution in [0.15, 0.2) is 23.8 Å². The molecule has 0 spiro atoms. The Morgan fingerprint density at radius 3 is 2.76 bits per heavy atom. The highest BCUT2D eigenvalue weighted by atomic mass is 16.3. The summed E-state index contributed by atoms with van der Waals surface area (Å²) in [6.45, 7) is 6.30. The number of hydrogen-bond acceptors (Lipinski definition) is 4. The van der Waals surface area contributed by atoms with Crippen LogP contribution in [0.1, 0.15) is 46.5 Å². The zero-order chi connectivity index (χ0) is 18.2. The quantitative estimate of drug-likeness (QED) is 0.664. The van der Waals surface area contributed by atoms with E-state index in [0.29, 0.717) is 12.8 Å². The highest BCUT2D eigenvalue weighted by Crippen LogP contribution is 2.67. The first-order chi connectivity index (χ1) is 11.7. The van der Waals surface area contributed by atoms with Gasteiger partial charge in [0.15, 0.2) is 11.4 Å². The Morgan fingerprint density at radius 2 is 2.08 bits per heavy atom. The van der Waals surface area contributed by atoms with E-state index in [1.165, 1.54) is 0 Å². The molecular weight excluding hydrogens is 314 g/mol. The summed E-state index contributed by atoms with van der Waals surface area (Å²) in [5.41, 5.74) is -1.09. The summed E-state index contributed by atoms with van der Waals surface area (Å²) >= 11 is 0. The van der Waals surface area contributed by atoms with Gasteiger partial charge in [-0.25, -0.2) is 0 Å². The summed E-state index contributed by atoms with van der Waals surface area (Å²) in [5.74, 6) is 0.833. The number of aliphatic hydroxyl groups is 2. The third-order valence-corrected chi connectivity index (χ3v) is 8.15. The van der Waals surface area contributed by atoms with Gasteiger partial charge in [0.05, 0.1) is 12.2 Å². The first-order valence-electron chi connectivity index (χ1n) is 9.43. The van der Waals surface area contributed by atoms with Crippen LogP contribution in [0, 0.1) is 45.8 Å². The number of carbonyl (C=O) groups excluding carboxylic acids is 1. The van der Waals surface area contributed by atoms with E-state index in [9.17, 15) is 20.3 Å². The number of nitrogens with zero attached hydrogens (tertiary/aromatic N) is 1. The molecule has 0 heterocycles. The standard InChI is InChI=1S/C21H27NO3/c1-12-8-14-15-5-7-21(25,11-22)20(15,3)10-17(24)18(14)19(2)6-4-13(23)9-16(12)19/h4,6,9,12,14-15,17-18,24-25H,5,7-8,10H2,1-3H3/t12-,14-,15-,17-,18+,19-,20-,21-/m0/s1. The van der Waals surface area contributed by atoms with E-state index >= 15 is 0 Å². The molecule has 4 heteroatoms. The highest BCUT2D eigenvalue weighted by Gasteiger charge is 2.67. The van der Waals surface area contributed by atoms with Gasteiger partial charge in [-0.3, -0.25) is 4.79 Å². The van der Waals surface area contributed by atoms with Crippen LogP contribution >= 0.6 is 0 Å². The Hall–Kier alpha value is -1.44. The Morgan fingerprint density at radius 1 is 1.36 bits per heavy atom. The number of hydrogen-bond donors (Lipinski definition) is 2.